The third-order valence-electron chi connectivity index (χ3n) is 5.09. The molecule has 128 valence electrons. The van der Waals surface area contributed by atoms with Gasteiger partial charge in [-0.25, -0.2) is 0 Å². The van der Waals surface area contributed by atoms with Crippen LogP contribution >= 0.6 is 0 Å². The van der Waals surface area contributed by atoms with Crippen molar-refractivity contribution in [2.45, 2.75) is 50.9 Å². The smallest absolute Gasteiger partial charge is 0.193 e. The molecule has 0 aliphatic rings. The monoisotopic (exact) mass is 340 g/mol. The number of hydrogen-bond donors (Lipinski definition) is 0. The van der Waals surface area contributed by atoms with Crippen LogP contribution in [0.1, 0.15) is 31.9 Å². The van der Waals surface area contributed by atoms with Crippen molar-refractivity contribution >= 4 is 14.6 Å². The first-order chi connectivity index (χ1) is 11.6. The number of carbonyl (C=O) groups excluding carboxylic acids is 1. The lowest BCUT2D eigenvalue weighted by molar-refractivity contribution is -0.123. The second kappa shape index (κ2) is 8.40. The molecule has 0 spiro atoms. The van der Waals surface area contributed by atoms with Gasteiger partial charge in [0, 0.05) is 6.42 Å². The van der Waals surface area contributed by atoms with E-state index in [1.807, 2.05) is 48.5 Å². The van der Waals surface area contributed by atoms with Crippen LogP contribution < -0.4 is 0 Å². The lowest BCUT2D eigenvalue weighted by atomic mass is 9.88. The number of carbonyl (C=O) groups is 1. The molecule has 0 aromatic heterocycles. The zero-order valence-corrected chi connectivity index (χ0v) is 16.0. The fourth-order valence-corrected chi connectivity index (χ4v) is 6.25. The Labute approximate surface area is 147 Å². The van der Waals surface area contributed by atoms with Gasteiger partial charge in [-0.05, 0) is 29.3 Å². The second-order valence-corrected chi connectivity index (χ2v) is 11.1. The van der Waals surface area contributed by atoms with E-state index in [2.05, 4.69) is 32.9 Å². The van der Waals surface area contributed by atoms with Crippen LogP contribution in [0, 0.1) is 0 Å². The molecular weight excluding hydrogens is 312 g/mol. The number of hydrogen-bond acceptors (Lipinski definition) is 2. The summed E-state index contributed by atoms with van der Waals surface area (Å²) < 4.78 is 6.78. The summed E-state index contributed by atoms with van der Waals surface area (Å²) >= 11 is 0. The van der Waals surface area contributed by atoms with Gasteiger partial charge >= 0.3 is 0 Å². The summed E-state index contributed by atoms with van der Waals surface area (Å²) in [5, 5.41) is 0. The summed E-state index contributed by atoms with van der Waals surface area (Å²) in [7, 11) is -1.94. The van der Waals surface area contributed by atoms with E-state index >= 15 is 0 Å². The molecule has 2 rings (SSSR count). The predicted octanol–water partition coefficient (Wildman–Crippen LogP) is 5.35. The van der Waals surface area contributed by atoms with E-state index in [1.165, 1.54) is 0 Å². The van der Waals surface area contributed by atoms with Gasteiger partial charge in [0.05, 0.1) is 0 Å². The Morgan fingerprint density at radius 3 is 1.83 bits per heavy atom. The van der Waals surface area contributed by atoms with Crippen molar-refractivity contribution in [3.63, 3.8) is 0 Å². The SMILES string of the molecule is CC[Si](CC)(CC)OC(C=O)(Cc1ccccc1)c1ccccc1. The van der Waals surface area contributed by atoms with Gasteiger partial charge in [-0.2, -0.15) is 0 Å². The highest BCUT2D eigenvalue weighted by atomic mass is 28.4. The van der Waals surface area contributed by atoms with Crippen molar-refractivity contribution in [3.05, 3.63) is 71.8 Å². The first-order valence-electron chi connectivity index (χ1n) is 8.89. The Balaban J connectivity index is 2.49. The highest BCUT2D eigenvalue weighted by molar-refractivity contribution is 6.73. The van der Waals surface area contributed by atoms with E-state index in [0.717, 1.165) is 35.5 Å². The molecule has 0 aliphatic carbocycles. The topological polar surface area (TPSA) is 26.3 Å². The summed E-state index contributed by atoms with van der Waals surface area (Å²) in [6.07, 6.45) is 1.61. The molecule has 0 saturated carbocycles. The number of rotatable bonds is 9. The lowest BCUT2D eigenvalue weighted by Gasteiger charge is -2.40. The third kappa shape index (κ3) is 4.03. The Kier molecular flexibility index (Phi) is 6.52. The van der Waals surface area contributed by atoms with E-state index in [-0.39, 0.29) is 0 Å². The fourth-order valence-electron chi connectivity index (χ4n) is 3.30. The average Bonchev–Trinajstić information content (AvgIpc) is 2.67. The molecule has 0 aliphatic heterocycles. The number of aldehydes is 1. The molecule has 1 unspecified atom stereocenters. The molecule has 0 amide bonds. The van der Waals surface area contributed by atoms with E-state index < -0.39 is 13.9 Å². The van der Waals surface area contributed by atoms with E-state index in [1.54, 1.807) is 0 Å². The quantitative estimate of drug-likeness (QED) is 0.454. The van der Waals surface area contributed by atoms with E-state index in [0.29, 0.717) is 6.42 Å². The maximum Gasteiger partial charge on any atom is 0.193 e. The fraction of sp³-hybridized carbons (Fsp3) is 0.381. The van der Waals surface area contributed by atoms with Crippen molar-refractivity contribution in [2.75, 3.05) is 0 Å². The number of benzene rings is 2. The van der Waals surface area contributed by atoms with Gasteiger partial charge in [0.25, 0.3) is 0 Å². The second-order valence-electron chi connectivity index (χ2n) is 6.38. The molecule has 0 fully saturated rings. The summed E-state index contributed by atoms with van der Waals surface area (Å²) in [5.74, 6) is 0. The maximum absolute atomic E-state index is 12.4. The van der Waals surface area contributed by atoms with Gasteiger partial charge in [0.2, 0.25) is 0 Å². The lowest BCUT2D eigenvalue weighted by Crippen LogP contribution is -2.47. The maximum atomic E-state index is 12.4. The molecule has 1 atom stereocenters. The van der Waals surface area contributed by atoms with Gasteiger partial charge < -0.3 is 4.43 Å². The van der Waals surface area contributed by atoms with E-state index in [9.17, 15) is 4.79 Å². The van der Waals surface area contributed by atoms with Crippen LogP contribution in [0.2, 0.25) is 18.1 Å². The van der Waals surface area contributed by atoms with Crippen LogP contribution in [0.15, 0.2) is 60.7 Å². The third-order valence-corrected chi connectivity index (χ3v) is 9.76. The minimum atomic E-state index is -1.94. The summed E-state index contributed by atoms with van der Waals surface area (Å²) in [6.45, 7) is 6.59. The summed E-state index contributed by atoms with van der Waals surface area (Å²) in [6, 6.07) is 23.2. The zero-order chi connectivity index (χ0) is 17.5. The van der Waals surface area contributed by atoms with E-state index in [4.69, 9.17) is 4.43 Å². The molecule has 0 saturated heterocycles. The molecule has 2 nitrogen and oxygen atoms in total. The molecule has 0 bridgehead atoms. The standard InChI is InChI=1S/C21H28O2Si/c1-4-24(5-2,6-3)23-21(18-22,20-15-11-8-12-16-20)17-19-13-9-7-10-14-19/h7-16,18H,4-6,17H2,1-3H3. The van der Waals surface area contributed by atoms with Gasteiger partial charge in [0.15, 0.2) is 14.6 Å². The van der Waals surface area contributed by atoms with Crippen LogP contribution in [0.3, 0.4) is 0 Å². The Morgan fingerprint density at radius 2 is 1.38 bits per heavy atom. The Bertz CT molecular complexity index is 615. The largest absolute Gasteiger partial charge is 0.401 e. The van der Waals surface area contributed by atoms with Crippen molar-refractivity contribution in [3.8, 4) is 0 Å². The Morgan fingerprint density at radius 1 is 0.875 bits per heavy atom. The molecular formula is C21H28O2Si. The average molecular weight is 341 g/mol. The van der Waals surface area contributed by atoms with Gasteiger partial charge in [-0.1, -0.05) is 81.4 Å². The van der Waals surface area contributed by atoms with Crippen molar-refractivity contribution < 1.29 is 9.22 Å². The van der Waals surface area contributed by atoms with Crippen LogP contribution in [0.5, 0.6) is 0 Å². The van der Waals surface area contributed by atoms with Crippen LogP contribution in [0.25, 0.3) is 0 Å². The highest BCUT2D eigenvalue weighted by Crippen LogP contribution is 2.36. The first kappa shape index (κ1) is 18.6. The van der Waals surface area contributed by atoms with Crippen molar-refractivity contribution in [1.29, 1.82) is 0 Å². The summed E-state index contributed by atoms with van der Waals surface area (Å²) in [5.41, 5.74) is 1.19. The zero-order valence-electron chi connectivity index (χ0n) is 15.0. The molecule has 0 radical (unpaired) electrons. The highest BCUT2D eigenvalue weighted by Gasteiger charge is 2.42. The van der Waals surface area contributed by atoms with Crippen LogP contribution in [0.4, 0.5) is 0 Å². The van der Waals surface area contributed by atoms with Crippen LogP contribution in [-0.4, -0.2) is 14.6 Å². The molecule has 0 N–H and O–H groups in total. The minimum absolute atomic E-state index is 0.579. The molecule has 0 heterocycles. The molecule has 2 aromatic carbocycles. The normalized spacial score (nSPS) is 14.1. The first-order valence-corrected chi connectivity index (χ1v) is 11.4. The molecule has 24 heavy (non-hydrogen) atoms. The van der Waals surface area contributed by atoms with Gasteiger partial charge in [-0.3, -0.25) is 4.79 Å². The van der Waals surface area contributed by atoms with Crippen molar-refractivity contribution in [1.82, 2.24) is 0 Å². The summed E-state index contributed by atoms with van der Waals surface area (Å²) in [4.78, 5) is 12.4. The van der Waals surface area contributed by atoms with Crippen molar-refractivity contribution in [2.24, 2.45) is 0 Å². The predicted molar refractivity (Wildman–Crippen MR) is 103 cm³/mol. The van der Waals surface area contributed by atoms with Gasteiger partial charge in [-0.15, -0.1) is 0 Å². The Hall–Kier alpha value is -1.71. The molecule has 2 aromatic rings. The molecule has 3 heteroatoms. The van der Waals surface area contributed by atoms with Crippen LogP contribution in [-0.2, 0) is 21.2 Å². The minimum Gasteiger partial charge on any atom is -0.401 e. The van der Waals surface area contributed by atoms with Gasteiger partial charge in [0.1, 0.15) is 5.60 Å².